The summed E-state index contributed by atoms with van der Waals surface area (Å²) in [5.41, 5.74) is 0.650. The highest BCUT2D eigenvalue weighted by atomic mass is 35.5. The average Bonchev–Trinajstić information content (AvgIpc) is 3.36. The molecule has 7 nitrogen and oxygen atoms in total. The zero-order valence-corrected chi connectivity index (χ0v) is 15.3. The number of hydrogen-bond acceptors (Lipinski definition) is 6. The number of ether oxygens (including phenoxy) is 1. The molecule has 3 heterocycles. The Kier molecular flexibility index (Phi) is 4.82. The molecule has 1 amide bonds. The van der Waals surface area contributed by atoms with Crippen molar-refractivity contribution in [2.24, 2.45) is 0 Å². The molecule has 0 atom stereocenters. The van der Waals surface area contributed by atoms with Crippen molar-refractivity contribution >= 4 is 34.5 Å². The summed E-state index contributed by atoms with van der Waals surface area (Å²) in [5.74, 6) is 1.32. The largest absolute Gasteiger partial charge is 0.438 e. The fourth-order valence-electron chi connectivity index (χ4n) is 2.25. The van der Waals surface area contributed by atoms with Gasteiger partial charge < -0.3 is 10.1 Å². The monoisotopic (exact) mass is 397 g/mol. The van der Waals surface area contributed by atoms with Gasteiger partial charge in [0, 0.05) is 24.1 Å². The van der Waals surface area contributed by atoms with E-state index >= 15 is 0 Å². The van der Waals surface area contributed by atoms with Gasteiger partial charge in [-0.15, -0.1) is 21.5 Å². The molecule has 1 aromatic carbocycles. The molecule has 134 valence electrons. The molecule has 0 saturated carbocycles. The summed E-state index contributed by atoms with van der Waals surface area (Å²) in [6.45, 7) is 0. The highest BCUT2D eigenvalue weighted by molar-refractivity contribution is 7.18. The van der Waals surface area contributed by atoms with Gasteiger partial charge in [0.2, 0.25) is 5.88 Å². The van der Waals surface area contributed by atoms with Crippen LogP contribution in [0.5, 0.6) is 11.6 Å². The molecule has 0 spiro atoms. The molecular formula is C18H12ClN5O2S. The molecule has 4 aromatic rings. The van der Waals surface area contributed by atoms with Gasteiger partial charge >= 0.3 is 0 Å². The Labute approximate surface area is 163 Å². The standard InChI is InChI=1S/C18H12ClN5O2S/c19-15-7-6-14(27-15)18(25)21-12-2-4-13(5-3-12)26-17-9-8-16(22-23-17)24-11-1-10-20-24/h1-11H,(H,21,25). The van der Waals surface area contributed by atoms with E-state index in [4.69, 9.17) is 16.3 Å². The number of anilines is 1. The summed E-state index contributed by atoms with van der Waals surface area (Å²) in [6, 6.07) is 15.6. The molecule has 4 rings (SSSR count). The smallest absolute Gasteiger partial charge is 0.265 e. The van der Waals surface area contributed by atoms with Crippen LogP contribution in [0.3, 0.4) is 0 Å². The molecule has 0 aliphatic heterocycles. The Morgan fingerprint density at radius 1 is 1.07 bits per heavy atom. The molecule has 3 aromatic heterocycles. The van der Waals surface area contributed by atoms with E-state index in [9.17, 15) is 4.79 Å². The van der Waals surface area contributed by atoms with Crippen LogP contribution >= 0.6 is 22.9 Å². The summed E-state index contributed by atoms with van der Waals surface area (Å²) >= 11 is 7.08. The highest BCUT2D eigenvalue weighted by Crippen LogP contribution is 2.24. The predicted octanol–water partition coefficient (Wildman–Crippen LogP) is 4.42. The van der Waals surface area contributed by atoms with Gasteiger partial charge in [-0.05, 0) is 48.5 Å². The van der Waals surface area contributed by atoms with Crippen molar-refractivity contribution in [2.45, 2.75) is 0 Å². The lowest BCUT2D eigenvalue weighted by molar-refractivity contribution is 0.103. The van der Waals surface area contributed by atoms with E-state index in [0.29, 0.717) is 32.3 Å². The second-order valence-electron chi connectivity index (χ2n) is 5.36. The quantitative estimate of drug-likeness (QED) is 0.539. The van der Waals surface area contributed by atoms with E-state index < -0.39 is 0 Å². The molecule has 0 unspecified atom stereocenters. The number of rotatable bonds is 5. The lowest BCUT2D eigenvalue weighted by atomic mass is 10.3. The van der Waals surface area contributed by atoms with Crippen molar-refractivity contribution in [3.63, 3.8) is 0 Å². The molecule has 0 aliphatic carbocycles. The maximum Gasteiger partial charge on any atom is 0.265 e. The van der Waals surface area contributed by atoms with Crippen LogP contribution in [0.15, 0.2) is 67.0 Å². The van der Waals surface area contributed by atoms with E-state index in [1.807, 2.05) is 0 Å². The normalized spacial score (nSPS) is 10.6. The number of hydrogen-bond donors (Lipinski definition) is 1. The lowest BCUT2D eigenvalue weighted by Gasteiger charge is -2.07. The number of nitrogens with zero attached hydrogens (tertiary/aromatic N) is 4. The Morgan fingerprint density at radius 3 is 2.56 bits per heavy atom. The molecule has 0 radical (unpaired) electrons. The van der Waals surface area contributed by atoms with Crippen molar-refractivity contribution in [3.8, 4) is 17.4 Å². The molecule has 27 heavy (non-hydrogen) atoms. The molecule has 0 aliphatic rings. The number of carbonyl (C=O) groups excluding carboxylic acids is 1. The maximum atomic E-state index is 12.1. The van der Waals surface area contributed by atoms with Crippen LogP contribution < -0.4 is 10.1 Å². The van der Waals surface area contributed by atoms with Crippen LogP contribution in [-0.4, -0.2) is 25.9 Å². The van der Waals surface area contributed by atoms with Crippen molar-refractivity contribution in [3.05, 3.63) is 76.2 Å². The zero-order valence-electron chi connectivity index (χ0n) is 13.7. The summed E-state index contributed by atoms with van der Waals surface area (Å²) < 4.78 is 7.85. The first-order valence-electron chi connectivity index (χ1n) is 7.86. The van der Waals surface area contributed by atoms with Gasteiger partial charge in [-0.1, -0.05) is 11.6 Å². The van der Waals surface area contributed by atoms with Crippen molar-refractivity contribution in [1.82, 2.24) is 20.0 Å². The van der Waals surface area contributed by atoms with Gasteiger partial charge in [0.1, 0.15) is 5.75 Å². The third kappa shape index (κ3) is 4.13. The SMILES string of the molecule is O=C(Nc1ccc(Oc2ccc(-n3cccn3)nn2)cc1)c1ccc(Cl)s1. The predicted molar refractivity (Wildman–Crippen MR) is 103 cm³/mol. The second kappa shape index (κ2) is 7.56. The van der Waals surface area contributed by atoms with Gasteiger partial charge in [-0.2, -0.15) is 5.10 Å². The summed E-state index contributed by atoms with van der Waals surface area (Å²) in [4.78, 5) is 12.7. The van der Waals surface area contributed by atoms with Gasteiger partial charge in [-0.25, -0.2) is 4.68 Å². The fourth-order valence-corrected chi connectivity index (χ4v) is 3.19. The van der Waals surface area contributed by atoms with Crippen LogP contribution in [0.1, 0.15) is 9.67 Å². The number of benzene rings is 1. The summed E-state index contributed by atoms with van der Waals surface area (Å²) in [5, 5.41) is 15.0. The van der Waals surface area contributed by atoms with Crippen LogP contribution in [0, 0.1) is 0 Å². The number of thiophene rings is 1. The Balaban J connectivity index is 1.39. The van der Waals surface area contributed by atoms with Crippen LogP contribution in [0.25, 0.3) is 5.82 Å². The van der Waals surface area contributed by atoms with Gasteiger partial charge in [-0.3, -0.25) is 4.79 Å². The molecule has 0 bridgehead atoms. The molecule has 0 saturated heterocycles. The minimum atomic E-state index is -0.208. The van der Waals surface area contributed by atoms with Crippen molar-refractivity contribution < 1.29 is 9.53 Å². The number of halogens is 1. The lowest BCUT2D eigenvalue weighted by Crippen LogP contribution is -2.09. The van der Waals surface area contributed by atoms with E-state index in [1.165, 1.54) is 11.3 Å². The fraction of sp³-hybridized carbons (Fsp3) is 0. The first kappa shape index (κ1) is 17.2. The molecule has 9 heteroatoms. The first-order valence-corrected chi connectivity index (χ1v) is 9.05. The Bertz CT molecular complexity index is 1050. The van der Waals surface area contributed by atoms with Crippen LogP contribution in [-0.2, 0) is 0 Å². The van der Waals surface area contributed by atoms with Crippen molar-refractivity contribution in [2.75, 3.05) is 5.32 Å². The average molecular weight is 398 g/mol. The number of carbonyl (C=O) groups is 1. The van der Waals surface area contributed by atoms with E-state index in [1.54, 1.807) is 71.7 Å². The first-order chi connectivity index (χ1) is 13.2. The zero-order chi connectivity index (χ0) is 18.6. The third-order valence-electron chi connectivity index (χ3n) is 3.50. The molecular weight excluding hydrogens is 386 g/mol. The van der Waals surface area contributed by atoms with E-state index in [0.717, 1.165) is 0 Å². The van der Waals surface area contributed by atoms with Crippen molar-refractivity contribution in [1.29, 1.82) is 0 Å². The minimum absolute atomic E-state index is 0.208. The minimum Gasteiger partial charge on any atom is -0.438 e. The number of aromatic nitrogens is 4. The van der Waals surface area contributed by atoms with Gasteiger partial charge in [0.25, 0.3) is 5.91 Å². The second-order valence-corrected chi connectivity index (χ2v) is 7.08. The van der Waals surface area contributed by atoms with E-state index in [2.05, 4.69) is 20.6 Å². The highest BCUT2D eigenvalue weighted by Gasteiger charge is 2.09. The maximum absolute atomic E-state index is 12.1. The third-order valence-corrected chi connectivity index (χ3v) is 4.73. The summed E-state index contributed by atoms with van der Waals surface area (Å²) in [6.07, 6.45) is 3.45. The van der Waals surface area contributed by atoms with Gasteiger partial charge in [0.05, 0.1) is 9.21 Å². The van der Waals surface area contributed by atoms with Crippen LogP contribution in [0.4, 0.5) is 5.69 Å². The molecule has 0 fully saturated rings. The van der Waals surface area contributed by atoms with Crippen LogP contribution in [0.2, 0.25) is 4.34 Å². The Hall–Kier alpha value is -3.23. The number of nitrogens with one attached hydrogen (secondary N) is 1. The Morgan fingerprint density at radius 2 is 1.93 bits per heavy atom. The number of amides is 1. The topological polar surface area (TPSA) is 81.9 Å². The summed E-state index contributed by atoms with van der Waals surface area (Å²) in [7, 11) is 0. The van der Waals surface area contributed by atoms with Gasteiger partial charge in [0.15, 0.2) is 5.82 Å². The van der Waals surface area contributed by atoms with E-state index in [-0.39, 0.29) is 5.91 Å². The molecule has 1 N–H and O–H groups in total.